The highest BCUT2D eigenvalue weighted by Gasteiger charge is 2.20. The van der Waals surface area contributed by atoms with Crippen LogP contribution >= 0.6 is 34.8 Å². The van der Waals surface area contributed by atoms with Gasteiger partial charge in [0.15, 0.2) is 0 Å². The van der Waals surface area contributed by atoms with Crippen molar-refractivity contribution in [3.05, 3.63) is 32.8 Å². The van der Waals surface area contributed by atoms with Crippen LogP contribution in [0.25, 0.3) is 0 Å². The standard InChI is InChI=1S/C8H5Cl3F2O/c9-4-1-3(7(14)8(12)13)2-5(10)6(4)11/h1-2,7-8,14H. The van der Waals surface area contributed by atoms with E-state index in [4.69, 9.17) is 39.9 Å². The largest absolute Gasteiger partial charge is 0.382 e. The Labute approximate surface area is 94.2 Å². The van der Waals surface area contributed by atoms with E-state index in [1.807, 2.05) is 0 Å². The summed E-state index contributed by atoms with van der Waals surface area (Å²) in [5.74, 6) is 0. The molecule has 0 fully saturated rings. The van der Waals surface area contributed by atoms with Gasteiger partial charge in [-0.15, -0.1) is 0 Å². The second kappa shape index (κ2) is 4.62. The van der Waals surface area contributed by atoms with Crippen molar-refractivity contribution in [2.75, 3.05) is 0 Å². The van der Waals surface area contributed by atoms with Gasteiger partial charge in [0.2, 0.25) is 0 Å². The number of benzene rings is 1. The molecule has 14 heavy (non-hydrogen) atoms. The molecule has 0 saturated heterocycles. The van der Waals surface area contributed by atoms with E-state index in [9.17, 15) is 8.78 Å². The zero-order valence-electron chi connectivity index (χ0n) is 6.65. The molecule has 0 radical (unpaired) electrons. The van der Waals surface area contributed by atoms with Crippen LogP contribution < -0.4 is 0 Å². The Bertz CT molecular complexity index is 320. The zero-order chi connectivity index (χ0) is 10.9. The lowest BCUT2D eigenvalue weighted by atomic mass is 10.1. The summed E-state index contributed by atoms with van der Waals surface area (Å²) >= 11 is 16.8. The molecular weight excluding hydrogens is 256 g/mol. The minimum atomic E-state index is -2.89. The van der Waals surface area contributed by atoms with Crippen molar-refractivity contribution in [1.29, 1.82) is 0 Å². The van der Waals surface area contributed by atoms with Crippen LogP contribution in [0, 0.1) is 0 Å². The highest BCUT2D eigenvalue weighted by molar-refractivity contribution is 6.48. The average Bonchev–Trinajstić information content (AvgIpc) is 2.12. The molecule has 78 valence electrons. The monoisotopic (exact) mass is 260 g/mol. The summed E-state index contributed by atoms with van der Waals surface area (Å²) in [6.07, 6.45) is -4.79. The normalized spacial score (nSPS) is 13.4. The Hall–Kier alpha value is -0.0900. The molecule has 0 amide bonds. The van der Waals surface area contributed by atoms with Crippen LogP contribution in [0.2, 0.25) is 15.1 Å². The Balaban J connectivity index is 3.12. The number of hydrogen-bond acceptors (Lipinski definition) is 1. The van der Waals surface area contributed by atoms with Crippen LogP contribution in [-0.4, -0.2) is 11.5 Å². The number of rotatable bonds is 2. The van der Waals surface area contributed by atoms with E-state index in [1.54, 1.807) is 0 Å². The lowest BCUT2D eigenvalue weighted by Gasteiger charge is -2.11. The SMILES string of the molecule is OC(c1cc(Cl)c(Cl)c(Cl)c1)C(F)F. The minimum Gasteiger partial charge on any atom is -0.382 e. The molecule has 0 spiro atoms. The van der Waals surface area contributed by atoms with Crippen molar-refractivity contribution in [3.63, 3.8) is 0 Å². The summed E-state index contributed by atoms with van der Waals surface area (Å²) in [6, 6.07) is 2.32. The quantitative estimate of drug-likeness (QED) is 0.799. The first-order valence-electron chi connectivity index (χ1n) is 3.54. The van der Waals surface area contributed by atoms with E-state index in [2.05, 4.69) is 0 Å². The number of alkyl halides is 2. The maximum absolute atomic E-state index is 12.1. The predicted octanol–water partition coefficient (Wildman–Crippen LogP) is 3.95. The minimum absolute atomic E-state index is 0.0360. The third-order valence-corrected chi connectivity index (χ3v) is 2.78. The molecule has 0 aliphatic heterocycles. The van der Waals surface area contributed by atoms with Crippen molar-refractivity contribution < 1.29 is 13.9 Å². The second-order valence-electron chi connectivity index (χ2n) is 2.58. The molecule has 1 N–H and O–H groups in total. The maximum atomic E-state index is 12.1. The van der Waals surface area contributed by atoms with Crippen LogP contribution in [0.1, 0.15) is 11.7 Å². The van der Waals surface area contributed by atoms with Gasteiger partial charge in [-0.05, 0) is 17.7 Å². The molecule has 0 aromatic heterocycles. The first-order valence-corrected chi connectivity index (χ1v) is 4.67. The first kappa shape index (κ1) is 12.0. The van der Waals surface area contributed by atoms with Gasteiger partial charge in [0.05, 0.1) is 15.1 Å². The van der Waals surface area contributed by atoms with E-state index < -0.39 is 12.5 Å². The summed E-state index contributed by atoms with van der Waals surface area (Å²) in [5.41, 5.74) is -0.0561. The molecule has 6 heteroatoms. The number of halogens is 5. The fraction of sp³-hybridized carbons (Fsp3) is 0.250. The van der Waals surface area contributed by atoms with Gasteiger partial charge < -0.3 is 5.11 Å². The molecule has 0 aliphatic rings. The molecule has 1 atom stereocenters. The maximum Gasteiger partial charge on any atom is 0.268 e. The molecule has 0 bridgehead atoms. The van der Waals surface area contributed by atoms with Crippen LogP contribution in [0.15, 0.2) is 12.1 Å². The van der Waals surface area contributed by atoms with Gasteiger partial charge in [-0.3, -0.25) is 0 Å². The molecule has 0 aliphatic carbocycles. The molecule has 1 aromatic rings. The van der Waals surface area contributed by atoms with Gasteiger partial charge in [-0.1, -0.05) is 34.8 Å². The van der Waals surface area contributed by atoms with Crippen molar-refractivity contribution >= 4 is 34.8 Å². The lowest BCUT2D eigenvalue weighted by molar-refractivity contribution is -0.00576. The van der Waals surface area contributed by atoms with Gasteiger partial charge >= 0.3 is 0 Å². The van der Waals surface area contributed by atoms with Crippen LogP contribution in [-0.2, 0) is 0 Å². The van der Waals surface area contributed by atoms with Crippen molar-refractivity contribution in [3.8, 4) is 0 Å². The number of hydrogen-bond donors (Lipinski definition) is 1. The average molecular weight is 261 g/mol. The summed E-state index contributed by atoms with van der Waals surface area (Å²) in [6.45, 7) is 0. The fourth-order valence-electron chi connectivity index (χ4n) is 0.891. The third-order valence-electron chi connectivity index (χ3n) is 1.59. The van der Waals surface area contributed by atoms with Crippen molar-refractivity contribution in [1.82, 2.24) is 0 Å². The van der Waals surface area contributed by atoms with E-state index >= 15 is 0 Å². The summed E-state index contributed by atoms with van der Waals surface area (Å²) in [5, 5.41) is 9.18. The Morgan fingerprint density at radius 1 is 1.07 bits per heavy atom. The second-order valence-corrected chi connectivity index (χ2v) is 3.77. The Morgan fingerprint density at radius 2 is 1.50 bits per heavy atom. The van der Waals surface area contributed by atoms with E-state index in [1.165, 1.54) is 0 Å². The first-order chi connectivity index (χ1) is 6.43. The van der Waals surface area contributed by atoms with Crippen molar-refractivity contribution in [2.45, 2.75) is 12.5 Å². The topological polar surface area (TPSA) is 20.2 Å². The molecule has 1 aromatic carbocycles. The lowest BCUT2D eigenvalue weighted by Crippen LogP contribution is -2.07. The number of aliphatic hydroxyl groups is 1. The van der Waals surface area contributed by atoms with E-state index in [-0.39, 0.29) is 20.6 Å². The van der Waals surface area contributed by atoms with Gasteiger partial charge in [-0.25, -0.2) is 8.78 Å². The highest BCUT2D eigenvalue weighted by atomic mass is 35.5. The summed E-state index contributed by atoms with van der Waals surface area (Å²) < 4.78 is 24.2. The predicted molar refractivity (Wildman–Crippen MR) is 52.4 cm³/mol. The van der Waals surface area contributed by atoms with Gasteiger partial charge in [0.1, 0.15) is 6.10 Å². The van der Waals surface area contributed by atoms with E-state index in [0.29, 0.717) is 0 Å². The van der Waals surface area contributed by atoms with Crippen LogP contribution in [0.5, 0.6) is 0 Å². The van der Waals surface area contributed by atoms with Crippen LogP contribution in [0.3, 0.4) is 0 Å². The van der Waals surface area contributed by atoms with Gasteiger partial charge in [-0.2, -0.15) is 0 Å². The van der Waals surface area contributed by atoms with Gasteiger partial charge in [0.25, 0.3) is 6.43 Å². The molecule has 0 saturated carbocycles. The Morgan fingerprint density at radius 3 is 1.86 bits per heavy atom. The fourth-order valence-corrected chi connectivity index (χ4v) is 1.50. The zero-order valence-corrected chi connectivity index (χ0v) is 8.91. The molecule has 1 nitrogen and oxygen atoms in total. The van der Waals surface area contributed by atoms with Crippen LogP contribution in [0.4, 0.5) is 8.78 Å². The molecule has 1 rings (SSSR count). The molecule has 1 unspecified atom stereocenters. The van der Waals surface area contributed by atoms with Gasteiger partial charge in [0, 0.05) is 0 Å². The Kier molecular flexibility index (Phi) is 3.95. The summed E-state index contributed by atoms with van der Waals surface area (Å²) in [7, 11) is 0. The summed E-state index contributed by atoms with van der Waals surface area (Å²) in [4.78, 5) is 0. The number of aliphatic hydroxyl groups excluding tert-OH is 1. The van der Waals surface area contributed by atoms with E-state index in [0.717, 1.165) is 12.1 Å². The smallest absolute Gasteiger partial charge is 0.268 e. The highest BCUT2D eigenvalue weighted by Crippen LogP contribution is 2.34. The molecule has 0 heterocycles. The third kappa shape index (κ3) is 2.48. The van der Waals surface area contributed by atoms with Crippen molar-refractivity contribution in [2.24, 2.45) is 0 Å². The molecular formula is C8H5Cl3F2O.